The van der Waals surface area contributed by atoms with Gasteiger partial charge in [-0.2, -0.15) is 0 Å². The number of thiazole rings is 1. The molecule has 0 aliphatic heterocycles. The van der Waals surface area contributed by atoms with E-state index in [4.69, 9.17) is 16.3 Å². The molecule has 0 radical (unpaired) electrons. The van der Waals surface area contributed by atoms with Crippen molar-refractivity contribution in [2.45, 2.75) is 56.1 Å². The molecule has 1 fully saturated rings. The smallest absolute Gasteiger partial charge is 0.340 e. The quantitative estimate of drug-likeness (QED) is 0.589. The summed E-state index contributed by atoms with van der Waals surface area (Å²) in [5.41, 5.74) is -0.0993. The number of nitrogens with zero attached hydrogens (tertiary/aromatic N) is 2. The highest BCUT2D eigenvalue weighted by Gasteiger charge is 2.33. The summed E-state index contributed by atoms with van der Waals surface area (Å²) in [5, 5.41) is 2.42. The molecule has 1 aromatic heterocycles. The molecule has 30 heavy (non-hydrogen) atoms. The largest absolute Gasteiger partial charge is 0.449 e. The molecule has 1 aromatic carbocycles. The minimum atomic E-state index is -3.53. The van der Waals surface area contributed by atoms with E-state index in [9.17, 15) is 18.0 Å². The van der Waals surface area contributed by atoms with Gasteiger partial charge in [-0.3, -0.25) is 9.69 Å². The fourth-order valence-electron chi connectivity index (χ4n) is 3.47. The first kappa shape index (κ1) is 22.7. The van der Waals surface area contributed by atoms with Crippen LogP contribution < -0.4 is 4.90 Å². The number of rotatable bonds is 6. The standard InChI is InChI=1S/C20H23ClN2O5S2/c1-13(28-19(25)16-12-15(30(2,26)27)8-9-17(16)21)18(24)23(20-22-10-11-29-20)14-6-4-3-5-7-14/h8-14H,3-7H2,1-2H3. The molecular weight excluding hydrogens is 448 g/mol. The maximum absolute atomic E-state index is 13.2. The van der Waals surface area contributed by atoms with Crippen molar-refractivity contribution in [3.63, 3.8) is 0 Å². The van der Waals surface area contributed by atoms with Crippen molar-refractivity contribution in [2.24, 2.45) is 0 Å². The van der Waals surface area contributed by atoms with Crippen LogP contribution in [-0.4, -0.2) is 43.7 Å². The van der Waals surface area contributed by atoms with Crippen LogP contribution in [0.4, 0.5) is 5.13 Å². The molecule has 1 atom stereocenters. The van der Waals surface area contributed by atoms with Crippen LogP contribution in [0.25, 0.3) is 0 Å². The lowest BCUT2D eigenvalue weighted by Gasteiger charge is -2.33. The highest BCUT2D eigenvalue weighted by atomic mass is 35.5. The Labute approximate surface area is 184 Å². The van der Waals surface area contributed by atoms with Gasteiger partial charge in [0.05, 0.1) is 15.5 Å². The van der Waals surface area contributed by atoms with Crippen molar-refractivity contribution in [3.05, 3.63) is 40.4 Å². The monoisotopic (exact) mass is 470 g/mol. The van der Waals surface area contributed by atoms with Gasteiger partial charge in [-0.05, 0) is 38.0 Å². The zero-order valence-electron chi connectivity index (χ0n) is 16.7. The fraction of sp³-hybridized carbons (Fsp3) is 0.450. The summed E-state index contributed by atoms with van der Waals surface area (Å²) >= 11 is 7.43. The summed E-state index contributed by atoms with van der Waals surface area (Å²) in [7, 11) is -3.53. The molecule has 7 nitrogen and oxygen atoms in total. The number of carbonyl (C=O) groups excluding carboxylic acids is 2. The zero-order valence-corrected chi connectivity index (χ0v) is 19.1. The Bertz CT molecular complexity index is 1020. The van der Waals surface area contributed by atoms with Gasteiger partial charge < -0.3 is 4.74 Å². The predicted molar refractivity (Wildman–Crippen MR) is 116 cm³/mol. The SMILES string of the molecule is CC(OC(=O)c1cc(S(C)(=O)=O)ccc1Cl)C(=O)N(c1nccs1)C1CCCCC1. The van der Waals surface area contributed by atoms with E-state index >= 15 is 0 Å². The maximum atomic E-state index is 13.2. The van der Waals surface area contributed by atoms with Crippen LogP contribution in [0.1, 0.15) is 49.4 Å². The highest BCUT2D eigenvalue weighted by molar-refractivity contribution is 7.90. The molecule has 0 bridgehead atoms. The Balaban J connectivity index is 1.80. The number of aromatic nitrogens is 1. The van der Waals surface area contributed by atoms with Gasteiger partial charge in [0, 0.05) is 23.9 Å². The van der Waals surface area contributed by atoms with Gasteiger partial charge in [-0.25, -0.2) is 18.2 Å². The second-order valence-corrected chi connectivity index (χ2v) is 10.6. The molecule has 1 aliphatic carbocycles. The Kier molecular flexibility index (Phi) is 7.15. The van der Waals surface area contributed by atoms with Crippen LogP contribution in [-0.2, 0) is 19.4 Å². The summed E-state index contributed by atoms with van der Waals surface area (Å²) in [5.74, 6) is -1.21. The first-order chi connectivity index (χ1) is 14.2. The molecule has 0 spiro atoms. The molecule has 1 aliphatic rings. The first-order valence-electron chi connectivity index (χ1n) is 9.61. The van der Waals surface area contributed by atoms with Crippen molar-refractivity contribution in [3.8, 4) is 0 Å². The van der Waals surface area contributed by atoms with Crippen molar-refractivity contribution < 1.29 is 22.7 Å². The number of esters is 1. The number of hydrogen-bond donors (Lipinski definition) is 0. The third kappa shape index (κ3) is 5.19. The number of halogens is 1. The third-order valence-electron chi connectivity index (χ3n) is 5.02. The van der Waals surface area contributed by atoms with E-state index in [-0.39, 0.29) is 27.4 Å². The highest BCUT2D eigenvalue weighted by Crippen LogP contribution is 2.30. The van der Waals surface area contributed by atoms with Crippen LogP contribution in [0.3, 0.4) is 0 Å². The molecule has 0 saturated heterocycles. The summed E-state index contributed by atoms with van der Waals surface area (Å²) in [6, 6.07) is 3.81. The van der Waals surface area contributed by atoms with Gasteiger partial charge in [-0.1, -0.05) is 30.9 Å². The Morgan fingerprint density at radius 2 is 1.97 bits per heavy atom. The Hall–Kier alpha value is -1.97. The van der Waals surface area contributed by atoms with Gasteiger partial charge in [0.25, 0.3) is 5.91 Å². The normalized spacial score (nSPS) is 16.1. The number of anilines is 1. The van der Waals surface area contributed by atoms with Crippen molar-refractivity contribution in [2.75, 3.05) is 11.2 Å². The minimum absolute atomic E-state index is 0.00991. The van der Waals surface area contributed by atoms with E-state index in [0.29, 0.717) is 5.13 Å². The van der Waals surface area contributed by atoms with E-state index < -0.39 is 21.9 Å². The number of benzene rings is 1. The minimum Gasteiger partial charge on any atom is -0.449 e. The Morgan fingerprint density at radius 3 is 2.57 bits per heavy atom. The summed E-state index contributed by atoms with van der Waals surface area (Å²) in [4.78, 5) is 31.7. The second-order valence-electron chi connectivity index (χ2n) is 7.28. The van der Waals surface area contributed by atoms with Crippen LogP contribution in [0.5, 0.6) is 0 Å². The van der Waals surface area contributed by atoms with Gasteiger partial charge in [0.15, 0.2) is 21.1 Å². The lowest BCUT2D eigenvalue weighted by molar-refractivity contribution is -0.127. The molecule has 1 amide bonds. The van der Waals surface area contributed by atoms with Crippen molar-refractivity contribution >= 4 is 49.8 Å². The fourth-order valence-corrected chi connectivity index (χ4v) is 5.03. The van der Waals surface area contributed by atoms with Gasteiger partial charge in [0.1, 0.15) is 0 Å². The van der Waals surface area contributed by atoms with Crippen LogP contribution in [0.15, 0.2) is 34.7 Å². The summed E-state index contributed by atoms with van der Waals surface area (Å²) in [6.45, 7) is 1.50. The van der Waals surface area contributed by atoms with Gasteiger partial charge in [0.2, 0.25) is 0 Å². The lowest BCUT2D eigenvalue weighted by Crippen LogP contribution is -2.47. The number of carbonyl (C=O) groups is 2. The molecule has 0 N–H and O–H groups in total. The maximum Gasteiger partial charge on any atom is 0.340 e. The average Bonchev–Trinajstić information content (AvgIpc) is 3.22. The number of sulfone groups is 1. The lowest BCUT2D eigenvalue weighted by atomic mass is 9.94. The molecular formula is C20H23ClN2O5S2. The van der Waals surface area contributed by atoms with E-state index in [1.54, 1.807) is 16.5 Å². The van der Waals surface area contributed by atoms with Crippen molar-refractivity contribution in [1.82, 2.24) is 4.98 Å². The molecule has 2 aromatic rings. The molecule has 162 valence electrons. The number of ether oxygens (including phenoxy) is 1. The van der Waals surface area contributed by atoms with E-state index in [0.717, 1.165) is 44.4 Å². The Morgan fingerprint density at radius 1 is 1.27 bits per heavy atom. The van der Waals surface area contributed by atoms with Crippen LogP contribution in [0.2, 0.25) is 5.02 Å². The van der Waals surface area contributed by atoms with Crippen molar-refractivity contribution in [1.29, 1.82) is 0 Å². The topological polar surface area (TPSA) is 93.6 Å². The summed E-state index contributed by atoms with van der Waals surface area (Å²) in [6.07, 6.45) is 6.52. The molecule has 1 saturated carbocycles. The zero-order chi connectivity index (χ0) is 21.9. The molecule has 10 heteroatoms. The number of amides is 1. The molecule has 1 heterocycles. The average molecular weight is 471 g/mol. The van der Waals surface area contributed by atoms with Crippen LogP contribution in [0, 0.1) is 0 Å². The first-order valence-corrected chi connectivity index (χ1v) is 12.8. The number of hydrogen-bond acceptors (Lipinski definition) is 7. The van der Waals surface area contributed by atoms with E-state index in [1.807, 2.05) is 0 Å². The van der Waals surface area contributed by atoms with E-state index in [2.05, 4.69) is 4.98 Å². The van der Waals surface area contributed by atoms with Gasteiger partial charge in [-0.15, -0.1) is 11.3 Å². The van der Waals surface area contributed by atoms with Crippen LogP contribution >= 0.6 is 22.9 Å². The van der Waals surface area contributed by atoms with E-state index in [1.165, 1.54) is 30.4 Å². The summed E-state index contributed by atoms with van der Waals surface area (Å²) < 4.78 is 29.0. The molecule has 3 rings (SSSR count). The predicted octanol–water partition coefficient (Wildman–Crippen LogP) is 4.11. The molecule has 1 unspecified atom stereocenters. The van der Waals surface area contributed by atoms with Gasteiger partial charge >= 0.3 is 5.97 Å². The second kappa shape index (κ2) is 9.45. The third-order valence-corrected chi connectivity index (χ3v) is 7.23.